The molecule has 1 saturated heterocycles. The van der Waals surface area contributed by atoms with Crippen LogP contribution in [-0.4, -0.2) is 43.8 Å². The summed E-state index contributed by atoms with van der Waals surface area (Å²) in [7, 11) is -1.46. The van der Waals surface area contributed by atoms with Crippen LogP contribution in [0.3, 0.4) is 0 Å². The number of sulfone groups is 1. The topological polar surface area (TPSA) is 78.2 Å². The number of hydrogen-bond donors (Lipinski definition) is 0. The van der Waals surface area contributed by atoms with Gasteiger partial charge in [-0.05, 0) is 18.4 Å². The number of hydrogen-bond acceptors (Lipinski definition) is 4. The van der Waals surface area contributed by atoms with Gasteiger partial charge < -0.3 is 4.90 Å². The van der Waals surface area contributed by atoms with Crippen molar-refractivity contribution in [3.8, 4) is 6.07 Å². The van der Waals surface area contributed by atoms with Gasteiger partial charge in [0.15, 0.2) is 9.84 Å². The number of carbonyl (C=O) groups is 1. The zero-order valence-electron chi connectivity index (χ0n) is 11.9. The van der Waals surface area contributed by atoms with Crippen LogP contribution in [0.4, 0.5) is 0 Å². The summed E-state index contributed by atoms with van der Waals surface area (Å²) in [5.41, 5.74) is 0.921. The molecular weight excluding hydrogens is 288 g/mol. The van der Waals surface area contributed by atoms with Crippen molar-refractivity contribution in [1.29, 1.82) is 5.26 Å². The Balaban J connectivity index is 2.05. The summed E-state index contributed by atoms with van der Waals surface area (Å²) >= 11 is 0. The van der Waals surface area contributed by atoms with Crippen LogP contribution in [-0.2, 0) is 21.1 Å². The van der Waals surface area contributed by atoms with E-state index in [0.29, 0.717) is 12.8 Å². The van der Waals surface area contributed by atoms with E-state index < -0.39 is 15.8 Å². The van der Waals surface area contributed by atoms with Gasteiger partial charge in [0.25, 0.3) is 0 Å². The van der Waals surface area contributed by atoms with Crippen LogP contribution in [0, 0.1) is 17.2 Å². The van der Waals surface area contributed by atoms with E-state index in [4.69, 9.17) is 0 Å². The van der Waals surface area contributed by atoms with E-state index in [1.54, 1.807) is 7.05 Å². The SMILES string of the molecule is CN(C(=O)C(C#N)Cc1ccccc1)C1CCS(=O)(=O)C1. The van der Waals surface area contributed by atoms with E-state index in [2.05, 4.69) is 0 Å². The Morgan fingerprint density at radius 1 is 1.43 bits per heavy atom. The summed E-state index contributed by atoms with van der Waals surface area (Å²) in [5.74, 6) is -0.964. The highest BCUT2D eigenvalue weighted by atomic mass is 32.2. The summed E-state index contributed by atoms with van der Waals surface area (Å²) in [5, 5.41) is 9.24. The van der Waals surface area contributed by atoms with Crippen molar-refractivity contribution in [3.63, 3.8) is 0 Å². The molecule has 0 bridgehead atoms. The summed E-state index contributed by atoms with van der Waals surface area (Å²) in [6.07, 6.45) is 0.800. The maximum Gasteiger partial charge on any atom is 0.240 e. The Bertz CT molecular complexity index is 649. The van der Waals surface area contributed by atoms with Gasteiger partial charge >= 0.3 is 0 Å². The van der Waals surface area contributed by atoms with Gasteiger partial charge in [-0.2, -0.15) is 5.26 Å². The predicted molar refractivity (Wildman–Crippen MR) is 79.1 cm³/mol. The molecule has 2 atom stereocenters. The van der Waals surface area contributed by atoms with E-state index in [-0.39, 0.29) is 23.5 Å². The molecule has 1 aliphatic heterocycles. The second-order valence-electron chi connectivity index (χ2n) is 5.38. The lowest BCUT2D eigenvalue weighted by atomic mass is 9.99. The maximum atomic E-state index is 12.4. The second-order valence-corrected chi connectivity index (χ2v) is 7.61. The molecule has 6 heteroatoms. The normalized spacial score (nSPS) is 21.4. The van der Waals surface area contributed by atoms with Gasteiger partial charge in [-0.15, -0.1) is 0 Å². The number of nitrogens with zero attached hydrogens (tertiary/aromatic N) is 2. The molecule has 1 aromatic carbocycles. The number of benzene rings is 1. The number of nitriles is 1. The Morgan fingerprint density at radius 2 is 2.10 bits per heavy atom. The molecule has 0 spiro atoms. The molecule has 21 heavy (non-hydrogen) atoms. The van der Waals surface area contributed by atoms with Gasteiger partial charge in [0.2, 0.25) is 5.91 Å². The molecule has 112 valence electrons. The Morgan fingerprint density at radius 3 is 2.62 bits per heavy atom. The Kier molecular flexibility index (Phi) is 4.63. The first-order chi connectivity index (χ1) is 9.93. The number of rotatable bonds is 4. The van der Waals surface area contributed by atoms with Crippen LogP contribution in [0.2, 0.25) is 0 Å². The third kappa shape index (κ3) is 3.82. The zero-order chi connectivity index (χ0) is 15.5. The van der Waals surface area contributed by atoms with E-state index >= 15 is 0 Å². The molecule has 0 aromatic heterocycles. The first kappa shape index (κ1) is 15.5. The fourth-order valence-corrected chi connectivity index (χ4v) is 4.32. The van der Waals surface area contributed by atoms with Crippen LogP contribution < -0.4 is 0 Å². The van der Waals surface area contributed by atoms with Crippen molar-refractivity contribution in [2.24, 2.45) is 5.92 Å². The molecule has 0 aliphatic carbocycles. The van der Waals surface area contributed by atoms with Gasteiger partial charge in [0, 0.05) is 13.1 Å². The molecule has 0 N–H and O–H groups in total. The standard InChI is InChI=1S/C15H18N2O3S/c1-17(14-7-8-21(19,20)11-14)15(18)13(10-16)9-12-5-3-2-4-6-12/h2-6,13-14H,7-9,11H2,1H3. The van der Waals surface area contributed by atoms with Gasteiger partial charge in [0.1, 0.15) is 5.92 Å². The fourth-order valence-electron chi connectivity index (χ4n) is 2.54. The minimum Gasteiger partial charge on any atom is -0.341 e. The third-order valence-corrected chi connectivity index (χ3v) is 5.59. The van der Waals surface area contributed by atoms with Crippen LogP contribution in [0.25, 0.3) is 0 Å². The van der Waals surface area contributed by atoms with Crippen molar-refractivity contribution < 1.29 is 13.2 Å². The van der Waals surface area contributed by atoms with Gasteiger partial charge in [0.05, 0.1) is 17.6 Å². The first-order valence-electron chi connectivity index (χ1n) is 6.83. The molecular formula is C15H18N2O3S. The molecule has 5 nitrogen and oxygen atoms in total. The summed E-state index contributed by atoms with van der Waals surface area (Å²) in [4.78, 5) is 13.8. The monoisotopic (exact) mass is 306 g/mol. The van der Waals surface area contributed by atoms with Crippen molar-refractivity contribution in [2.75, 3.05) is 18.6 Å². The number of amides is 1. The minimum atomic E-state index is -3.04. The zero-order valence-corrected chi connectivity index (χ0v) is 12.7. The van der Waals surface area contributed by atoms with Crippen molar-refractivity contribution in [3.05, 3.63) is 35.9 Å². The summed E-state index contributed by atoms with van der Waals surface area (Å²) in [6, 6.07) is 11.1. The smallest absolute Gasteiger partial charge is 0.240 e. The molecule has 2 rings (SSSR count). The molecule has 0 saturated carbocycles. The van der Waals surface area contributed by atoms with Crippen LogP contribution in [0.1, 0.15) is 12.0 Å². The van der Waals surface area contributed by atoms with Gasteiger partial charge in [-0.3, -0.25) is 4.79 Å². The van der Waals surface area contributed by atoms with Crippen molar-refractivity contribution >= 4 is 15.7 Å². The third-order valence-electron chi connectivity index (χ3n) is 3.84. The lowest BCUT2D eigenvalue weighted by molar-refractivity contribution is -0.134. The maximum absolute atomic E-state index is 12.4. The van der Waals surface area contributed by atoms with E-state index in [0.717, 1.165) is 5.56 Å². The fraction of sp³-hybridized carbons (Fsp3) is 0.467. The average Bonchev–Trinajstić information content (AvgIpc) is 2.84. The van der Waals surface area contributed by atoms with Gasteiger partial charge in [-0.1, -0.05) is 30.3 Å². The highest BCUT2D eigenvalue weighted by Crippen LogP contribution is 2.19. The Hall–Kier alpha value is -1.87. The van der Waals surface area contributed by atoms with Crippen molar-refractivity contribution in [1.82, 2.24) is 4.90 Å². The minimum absolute atomic E-state index is 0.00126. The van der Waals surface area contributed by atoms with Crippen LogP contribution >= 0.6 is 0 Å². The summed E-state index contributed by atoms with van der Waals surface area (Å²) < 4.78 is 23.0. The lowest BCUT2D eigenvalue weighted by Crippen LogP contribution is -2.41. The molecule has 1 amide bonds. The molecule has 0 radical (unpaired) electrons. The highest BCUT2D eigenvalue weighted by Gasteiger charge is 2.35. The molecule has 1 heterocycles. The largest absolute Gasteiger partial charge is 0.341 e. The molecule has 1 fully saturated rings. The highest BCUT2D eigenvalue weighted by molar-refractivity contribution is 7.91. The lowest BCUT2D eigenvalue weighted by Gasteiger charge is -2.25. The van der Waals surface area contributed by atoms with Crippen molar-refractivity contribution in [2.45, 2.75) is 18.9 Å². The second kappa shape index (κ2) is 6.27. The average molecular weight is 306 g/mol. The molecule has 1 aliphatic rings. The van der Waals surface area contributed by atoms with E-state index in [1.165, 1.54) is 4.90 Å². The van der Waals surface area contributed by atoms with E-state index in [1.807, 2.05) is 36.4 Å². The van der Waals surface area contributed by atoms with Gasteiger partial charge in [-0.25, -0.2) is 8.42 Å². The van der Waals surface area contributed by atoms with E-state index in [9.17, 15) is 18.5 Å². The predicted octanol–water partition coefficient (Wildman–Crippen LogP) is 1.01. The van der Waals surface area contributed by atoms with Crippen LogP contribution in [0.5, 0.6) is 0 Å². The number of carbonyl (C=O) groups excluding carboxylic acids is 1. The first-order valence-corrected chi connectivity index (χ1v) is 8.66. The quantitative estimate of drug-likeness (QED) is 0.832. The Labute approximate surface area is 125 Å². The summed E-state index contributed by atoms with van der Waals surface area (Å²) in [6.45, 7) is 0. The molecule has 2 unspecified atom stereocenters. The van der Waals surface area contributed by atoms with Crippen LogP contribution in [0.15, 0.2) is 30.3 Å². The molecule has 1 aromatic rings.